The van der Waals surface area contributed by atoms with Gasteiger partial charge in [0.1, 0.15) is 17.9 Å². The Bertz CT molecular complexity index is 2880. The van der Waals surface area contributed by atoms with E-state index >= 15 is 0 Å². The molecule has 9 rings (SSSR count). The van der Waals surface area contributed by atoms with Crippen LogP contribution in [0.4, 0.5) is 28.4 Å². The van der Waals surface area contributed by atoms with Crippen LogP contribution in [0.15, 0.2) is 89.5 Å². The molecular formula is C50H62ClN8O8PS. The molecule has 4 aliphatic rings. The molecule has 19 heteroatoms. The van der Waals surface area contributed by atoms with Gasteiger partial charge in [0.05, 0.1) is 17.8 Å². The van der Waals surface area contributed by atoms with Crippen LogP contribution < -0.4 is 24.6 Å². The third-order valence-corrected chi connectivity index (χ3v) is 18.6. The molecule has 5 aromatic rings. The van der Waals surface area contributed by atoms with Crippen LogP contribution in [0.25, 0.3) is 16.6 Å². The first kappa shape index (κ1) is 48.7. The molecule has 2 saturated heterocycles. The number of ether oxygens (including phenoxy) is 1. The molecule has 0 radical (unpaired) electrons. The molecule has 3 aliphatic heterocycles. The van der Waals surface area contributed by atoms with E-state index in [2.05, 4.69) is 50.8 Å². The summed E-state index contributed by atoms with van der Waals surface area (Å²) in [7, 11) is -7.38. The Hall–Kier alpha value is -5.29. The van der Waals surface area contributed by atoms with Gasteiger partial charge in [0.15, 0.2) is 0 Å². The number of carbonyl (C=O) groups is 1. The average molecular weight is 1000 g/mol. The van der Waals surface area contributed by atoms with Gasteiger partial charge in [-0.1, -0.05) is 43.2 Å². The Morgan fingerprint density at radius 3 is 2.51 bits per heavy atom. The number of sulfonamides is 1. The Morgan fingerprint density at radius 1 is 1.03 bits per heavy atom. The standard InChI is InChI=1S/C50H62ClN8O8PS/c1-33(2)67-68(63)25-15-34(16-26-68)31-53-43-12-10-40(29-45(43)59(61)62)69(64,65)55-48(60)41-11-9-39(28-44(41)58-23-24-66-49-46(58)27-36-14-18-52-47(36)54-49)57-21-19-56(20-22-57)32-37-13-17-50(3,4)30-42(37)35-5-7-38(51)8-6-35/h5-12,14,18,27-29,33-34,53,63,68H,13,15-17,19-26,30-32H2,1-4H3,(H,52,54)(H,55,60). The van der Waals surface area contributed by atoms with Gasteiger partial charge in [0.2, 0.25) is 5.88 Å². The van der Waals surface area contributed by atoms with Gasteiger partial charge in [-0.05, 0) is 78.3 Å². The monoisotopic (exact) mass is 1000 g/mol. The Morgan fingerprint density at radius 2 is 1.78 bits per heavy atom. The van der Waals surface area contributed by atoms with Gasteiger partial charge in [-0.25, -0.2) is 0 Å². The van der Waals surface area contributed by atoms with Gasteiger partial charge >= 0.3 is 159 Å². The van der Waals surface area contributed by atoms with E-state index in [4.69, 9.17) is 25.8 Å². The molecule has 0 atom stereocenters. The molecule has 2 fully saturated rings. The molecular weight excluding hydrogens is 939 g/mol. The predicted molar refractivity (Wildman–Crippen MR) is 275 cm³/mol. The number of nitrogens with zero attached hydrogens (tertiary/aromatic N) is 5. The number of piperazine rings is 1. The van der Waals surface area contributed by atoms with Gasteiger partial charge < -0.3 is 19.5 Å². The van der Waals surface area contributed by atoms with Gasteiger partial charge in [-0.2, -0.15) is 4.98 Å². The second kappa shape index (κ2) is 19.8. The number of pyridine rings is 1. The van der Waals surface area contributed by atoms with Gasteiger partial charge in [0.25, 0.3) is 0 Å². The number of aromatic amines is 1. The number of anilines is 4. The molecule has 0 unspecified atom stereocenters. The molecule has 0 saturated carbocycles. The number of H-pyrrole nitrogens is 1. The van der Waals surface area contributed by atoms with Crippen molar-refractivity contribution in [1.82, 2.24) is 19.6 Å². The number of rotatable bonds is 14. The van der Waals surface area contributed by atoms with Crippen LogP contribution in [0.1, 0.15) is 75.7 Å². The number of hydrogen-bond acceptors (Lipinski definition) is 13. The number of nitro benzene ring substituents is 1. The Balaban J connectivity index is 0.945. The van der Waals surface area contributed by atoms with Crippen LogP contribution in [0.2, 0.25) is 5.02 Å². The van der Waals surface area contributed by atoms with Gasteiger partial charge in [0, 0.05) is 55.0 Å². The number of carbonyl (C=O) groups excluding carboxylic acids is 1. The second-order valence-corrected chi connectivity index (χ2v) is 25.2. The molecule has 368 valence electrons. The molecule has 0 bridgehead atoms. The maximum atomic E-state index is 14.4. The SMILES string of the molecule is CC(C)O[PH]1(O)CCC(CNc2ccc(S(=O)(=O)NC(=O)c3ccc(N4CCN(CC5=C(c6ccc(Cl)cc6)CC(C)(C)CC5)CC4)cc3N3CCOc4nc5[nH]ccc5cc43)cc2[N+](=O)[O-])CC1. The first-order valence-corrected chi connectivity index (χ1v) is 28.0. The maximum absolute atomic E-state index is 14.4. The van der Waals surface area contributed by atoms with E-state index in [1.807, 2.05) is 55.1 Å². The summed E-state index contributed by atoms with van der Waals surface area (Å²) in [5, 5.41) is 17.0. The summed E-state index contributed by atoms with van der Waals surface area (Å²) in [6.07, 6.45) is 7.49. The number of benzene rings is 3. The first-order valence-electron chi connectivity index (χ1n) is 23.9. The first-order chi connectivity index (χ1) is 32.9. The van der Waals surface area contributed by atoms with Crippen molar-refractivity contribution >= 4 is 80.3 Å². The van der Waals surface area contributed by atoms with E-state index in [1.165, 1.54) is 28.8 Å². The Kier molecular flexibility index (Phi) is 14.0. The van der Waals surface area contributed by atoms with Crippen LogP contribution in [0.3, 0.4) is 0 Å². The zero-order valence-electron chi connectivity index (χ0n) is 39.6. The van der Waals surface area contributed by atoms with Crippen molar-refractivity contribution in [2.75, 3.05) is 79.9 Å². The van der Waals surface area contributed by atoms with E-state index in [0.717, 1.165) is 74.1 Å². The predicted octanol–water partition coefficient (Wildman–Crippen LogP) is 9.38. The van der Waals surface area contributed by atoms with E-state index in [9.17, 15) is 28.2 Å². The van der Waals surface area contributed by atoms with Crippen molar-refractivity contribution < 1.29 is 32.3 Å². The summed E-state index contributed by atoms with van der Waals surface area (Å²) in [5.74, 6) is -0.366. The third-order valence-electron chi connectivity index (χ3n) is 14.0. The number of aromatic nitrogens is 2. The molecule has 1 aliphatic carbocycles. The van der Waals surface area contributed by atoms with Crippen LogP contribution >= 0.6 is 19.3 Å². The molecule has 3 aromatic carbocycles. The molecule has 1 amide bonds. The second-order valence-electron chi connectivity index (χ2n) is 19.9. The number of hydrogen-bond donors (Lipinski definition) is 4. The summed E-state index contributed by atoms with van der Waals surface area (Å²) in [6, 6.07) is 21.0. The van der Waals surface area contributed by atoms with E-state index in [0.29, 0.717) is 61.2 Å². The van der Waals surface area contributed by atoms with Crippen LogP contribution in [-0.4, -0.2) is 110 Å². The fourth-order valence-electron chi connectivity index (χ4n) is 10.2. The van der Waals surface area contributed by atoms with Crippen molar-refractivity contribution in [3.8, 4) is 5.88 Å². The fourth-order valence-corrected chi connectivity index (χ4v) is 14.4. The van der Waals surface area contributed by atoms with Crippen LogP contribution in [-0.2, 0) is 14.5 Å². The summed E-state index contributed by atoms with van der Waals surface area (Å²) in [5.41, 5.74) is 6.78. The molecule has 4 N–H and O–H groups in total. The number of nitrogens with one attached hydrogen (secondary N) is 3. The summed E-state index contributed by atoms with van der Waals surface area (Å²) in [6.45, 7) is 13.5. The zero-order valence-corrected chi connectivity index (χ0v) is 42.2. The minimum absolute atomic E-state index is 0.0607. The zero-order chi connectivity index (χ0) is 48.7. The van der Waals surface area contributed by atoms with Crippen LogP contribution in [0.5, 0.6) is 5.88 Å². The molecule has 16 nitrogen and oxygen atoms in total. The number of amides is 1. The van der Waals surface area contributed by atoms with Crippen molar-refractivity contribution in [3.63, 3.8) is 0 Å². The van der Waals surface area contributed by atoms with Gasteiger partial charge in [-0.3, -0.25) is 9.69 Å². The number of allylic oxidation sites excluding steroid dienone is 1. The van der Waals surface area contributed by atoms with Crippen LogP contribution in [0, 0.1) is 21.4 Å². The third kappa shape index (κ3) is 11.0. The van der Waals surface area contributed by atoms with E-state index in [1.54, 1.807) is 12.3 Å². The van der Waals surface area contributed by atoms with Crippen molar-refractivity contribution in [3.05, 3.63) is 111 Å². The van der Waals surface area contributed by atoms with Crippen molar-refractivity contribution in [1.29, 1.82) is 0 Å². The summed E-state index contributed by atoms with van der Waals surface area (Å²) in [4.78, 5) is 51.1. The normalized spacial score (nSPS) is 20.1. The summed E-state index contributed by atoms with van der Waals surface area (Å²) < 4.78 is 42.1. The quantitative estimate of drug-likeness (QED) is 0.0467. The molecule has 0 spiro atoms. The molecule has 5 heterocycles. The minimum atomic E-state index is -4.60. The summed E-state index contributed by atoms with van der Waals surface area (Å²) >= 11 is 6.27. The topological polar surface area (TPSA) is 195 Å². The van der Waals surface area contributed by atoms with E-state index in [-0.39, 0.29) is 35.3 Å². The van der Waals surface area contributed by atoms with E-state index < -0.39 is 39.2 Å². The molecule has 2 aromatic heterocycles. The number of nitro groups is 1. The number of fused-ring (bicyclic) bond motifs is 2. The average Bonchev–Trinajstić information content (AvgIpc) is 3.78. The van der Waals surface area contributed by atoms with Gasteiger partial charge in [-0.15, -0.1) is 0 Å². The Labute approximate surface area is 409 Å². The number of halogens is 1. The fraction of sp³-hybridized carbons (Fsp3) is 0.440. The van der Waals surface area contributed by atoms with Crippen molar-refractivity contribution in [2.24, 2.45) is 11.3 Å². The van der Waals surface area contributed by atoms with Crippen molar-refractivity contribution in [2.45, 2.75) is 70.8 Å². The molecule has 69 heavy (non-hydrogen) atoms.